The summed E-state index contributed by atoms with van der Waals surface area (Å²) in [7, 11) is 1.82. The minimum absolute atomic E-state index is 0.323. The van der Waals surface area contributed by atoms with Crippen molar-refractivity contribution in [2.45, 2.75) is 33.1 Å². The summed E-state index contributed by atoms with van der Waals surface area (Å²) in [5.41, 5.74) is 0.323. The lowest BCUT2D eigenvalue weighted by atomic mass is 9.85. The van der Waals surface area contributed by atoms with Crippen LogP contribution in [-0.4, -0.2) is 64.6 Å². The van der Waals surface area contributed by atoms with Crippen LogP contribution in [0.15, 0.2) is 0 Å². The van der Waals surface area contributed by atoms with Gasteiger partial charge in [0.05, 0.1) is 13.2 Å². The SMILES string of the molecule is COCC1CCCN(CC2(CNCC(C)C)CCOC2)C1. The monoisotopic (exact) mass is 298 g/mol. The van der Waals surface area contributed by atoms with Gasteiger partial charge in [0, 0.05) is 38.8 Å². The molecule has 2 saturated heterocycles. The Bertz CT molecular complexity index is 289. The lowest BCUT2D eigenvalue weighted by Crippen LogP contribution is -2.48. The van der Waals surface area contributed by atoms with Gasteiger partial charge in [0.25, 0.3) is 0 Å². The zero-order valence-corrected chi connectivity index (χ0v) is 14.2. The summed E-state index contributed by atoms with van der Waals surface area (Å²) in [6.45, 7) is 13.1. The van der Waals surface area contributed by atoms with Gasteiger partial charge >= 0.3 is 0 Å². The fraction of sp³-hybridized carbons (Fsp3) is 1.00. The van der Waals surface area contributed by atoms with E-state index < -0.39 is 0 Å². The van der Waals surface area contributed by atoms with Gasteiger partial charge in [0.2, 0.25) is 0 Å². The molecule has 2 atom stereocenters. The second-order valence-corrected chi connectivity index (χ2v) is 7.53. The minimum atomic E-state index is 0.323. The molecule has 0 aliphatic carbocycles. The number of nitrogens with zero attached hydrogens (tertiary/aromatic N) is 1. The predicted molar refractivity (Wildman–Crippen MR) is 86.6 cm³/mol. The van der Waals surface area contributed by atoms with Crippen molar-refractivity contribution >= 4 is 0 Å². The Balaban J connectivity index is 1.83. The van der Waals surface area contributed by atoms with Crippen molar-refractivity contribution in [1.82, 2.24) is 10.2 Å². The average Bonchev–Trinajstić information content (AvgIpc) is 2.88. The summed E-state index contributed by atoms with van der Waals surface area (Å²) in [4.78, 5) is 2.65. The molecule has 2 heterocycles. The molecular weight excluding hydrogens is 264 g/mol. The van der Waals surface area contributed by atoms with Gasteiger partial charge in [0.1, 0.15) is 0 Å². The standard InChI is InChI=1S/C17H34N2O2/c1-15(2)9-18-12-17(6-8-21-14-17)13-19-7-4-5-16(10-19)11-20-3/h15-16,18H,4-14H2,1-3H3. The highest BCUT2D eigenvalue weighted by atomic mass is 16.5. The van der Waals surface area contributed by atoms with Gasteiger partial charge in [-0.05, 0) is 44.2 Å². The molecule has 2 aliphatic rings. The van der Waals surface area contributed by atoms with E-state index in [1.54, 1.807) is 0 Å². The molecule has 0 spiro atoms. The first kappa shape index (κ1) is 17.2. The molecule has 2 fully saturated rings. The molecule has 0 radical (unpaired) electrons. The van der Waals surface area contributed by atoms with Crippen molar-refractivity contribution in [3.8, 4) is 0 Å². The van der Waals surface area contributed by atoms with Gasteiger partial charge in [0.15, 0.2) is 0 Å². The third kappa shape index (κ3) is 5.51. The van der Waals surface area contributed by atoms with Crippen LogP contribution in [0.3, 0.4) is 0 Å². The lowest BCUT2D eigenvalue weighted by molar-refractivity contribution is 0.0550. The topological polar surface area (TPSA) is 33.7 Å². The molecule has 0 aromatic rings. The average molecular weight is 298 g/mol. The molecule has 21 heavy (non-hydrogen) atoms. The molecule has 0 aromatic carbocycles. The first-order chi connectivity index (χ1) is 10.1. The highest BCUT2D eigenvalue weighted by Gasteiger charge is 2.37. The Morgan fingerprint density at radius 1 is 1.43 bits per heavy atom. The fourth-order valence-electron chi connectivity index (χ4n) is 3.74. The first-order valence-corrected chi connectivity index (χ1v) is 8.63. The van der Waals surface area contributed by atoms with Crippen molar-refractivity contribution in [2.24, 2.45) is 17.3 Å². The van der Waals surface area contributed by atoms with E-state index in [1.807, 2.05) is 7.11 Å². The Hall–Kier alpha value is -0.160. The normalized spacial score (nSPS) is 31.1. The number of ether oxygens (including phenoxy) is 2. The van der Waals surface area contributed by atoms with Crippen molar-refractivity contribution in [3.05, 3.63) is 0 Å². The van der Waals surface area contributed by atoms with Gasteiger partial charge in [-0.1, -0.05) is 13.8 Å². The minimum Gasteiger partial charge on any atom is -0.384 e. The van der Waals surface area contributed by atoms with Crippen molar-refractivity contribution in [3.63, 3.8) is 0 Å². The van der Waals surface area contributed by atoms with Gasteiger partial charge in [-0.2, -0.15) is 0 Å². The Labute approximate surface area is 130 Å². The molecule has 2 aliphatic heterocycles. The maximum atomic E-state index is 5.74. The van der Waals surface area contributed by atoms with Crippen LogP contribution in [0.4, 0.5) is 0 Å². The van der Waals surface area contributed by atoms with Gasteiger partial charge in [-0.3, -0.25) is 0 Å². The summed E-state index contributed by atoms with van der Waals surface area (Å²) in [5.74, 6) is 1.43. The maximum Gasteiger partial charge on any atom is 0.0547 e. The number of hydrogen-bond acceptors (Lipinski definition) is 4. The van der Waals surface area contributed by atoms with Crippen molar-refractivity contribution in [2.75, 3.05) is 59.7 Å². The van der Waals surface area contributed by atoms with Crippen LogP contribution in [0.1, 0.15) is 33.1 Å². The smallest absolute Gasteiger partial charge is 0.0547 e. The molecular formula is C17H34N2O2. The van der Waals surface area contributed by atoms with E-state index in [0.29, 0.717) is 17.3 Å². The summed E-state index contributed by atoms with van der Waals surface area (Å²) >= 11 is 0. The summed E-state index contributed by atoms with van der Waals surface area (Å²) in [6, 6.07) is 0. The number of rotatable bonds is 8. The second kappa shape index (κ2) is 8.47. The van der Waals surface area contributed by atoms with Crippen LogP contribution >= 0.6 is 0 Å². The van der Waals surface area contributed by atoms with E-state index in [-0.39, 0.29) is 0 Å². The number of likely N-dealkylation sites (tertiary alicyclic amines) is 1. The first-order valence-electron chi connectivity index (χ1n) is 8.63. The van der Waals surface area contributed by atoms with Gasteiger partial charge in [-0.25, -0.2) is 0 Å². The Morgan fingerprint density at radius 2 is 2.29 bits per heavy atom. The van der Waals surface area contributed by atoms with Gasteiger partial charge in [-0.15, -0.1) is 0 Å². The Kier molecular flexibility index (Phi) is 6.93. The van der Waals surface area contributed by atoms with Crippen molar-refractivity contribution < 1.29 is 9.47 Å². The maximum absolute atomic E-state index is 5.74. The van der Waals surface area contributed by atoms with Crippen molar-refractivity contribution in [1.29, 1.82) is 0 Å². The summed E-state index contributed by atoms with van der Waals surface area (Å²) < 4.78 is 11.1. The molecule has 0 bridgehead atoms. The molecule has 4 heteroatoms. The third-order valence-electron chi connectivity index (χ3n) is 4.80. The van der Waals surface area contributed by atoms with Crippen LogP contribution in [0.5, 0.6) is 0 Å². The largest absolute Gasteiger partial charge is 0.384 e. The molecule has 0 amide bonds. The van der Waals surface area contributed by atoms with Crippen LogP contribution in [0.2, 0.25) is 0 Å². The second-order valence-electron chi connectivity index (χ2n) is 7.53. The molecule has 1 N–H and O–H groups in total. The van der Waals surface area contributed by atoms with E-state index in [1.165, 1.54) is 38.9 Å². The fourth-order valence-corrected chi connectivity index (χ4v) is 3.74. The van der Waals surface area contributed by atoms with E-state index in [9.17, 15) is 0 Å². The quantitative estimate of drug-likeness (QED) is 0.743. The van der Waals surface area contributed by atoms with Crippen LogP contribution in [0, 0.1) is 17.3 Å². The van der Waals surface area contributed by atoms with Crippen LogP contribution in [0.25, 0.3) is 0 Å². The van der Waals surface area contributed by atoms with E-state index in [4.69, 9.17) is 9.47 Å². The third-order valence-corrected chi connectivity index (χ3v) is 4.80. The molecule has 124 valence electrons. The lowest BCUT2D eigenvalue weighted by Gasteiger charge is -2.39. The van der Waals surface area contributed by atoms with E-state index in [0.717, 1.165) is 32.9 Å². The highest BCUT2D eigenvalue weighted by Crippen LogP contribution is 2.31. The van der Waals surface area contributed by atoms with Gasteiger partial charge < -0.3 is 19.7 Å². The predicted octanol–water partition coefficient (Wildman–Crippen LogP) is 2.00. The summed E-state index contributed by atoms with van der Waals surface area (Å²) in [5, 5.41) is 3.66. The van der Waals surface area contributed by atoms with E-state index >= 15 is 0 Å². The van der Waals surface area contributed by atoms with Crippen LogP contribution < -0.4 is 5.32 Å². The molecule has 4 nitrogen and oxygen atoms in total. The number of methoxy groups -OCH3 is 1. The molecule has 2 rings (SSSR count). The molecule has 0 saturated carbocycles. The zero-order chi connectivity index (χ0) is 15.1. The van der Waals surface area contributed by atoms with Crippen LogP contribution in [-0.2, 0) is 9.47 Å². The molecule has 2 unspecified atom stereocenters. The van der Waals surface area contributed by atoms with E-state index in [2.05, 4.69) is 24.1 Å². The number of piperidine rings is 1. The Morgan fingerprint density at radius 3 is 2.95 bits per heavy atom. The molecule has 0 aromatic heterocycles. The number of hydrogen-bond donors (Lipinski definition) is 1. The zero-order valence-electron chi connectivity index (χ0n) is 14.2. The highest BCUT2D eigenvalue weighted by molar-refractivity contribution is 4.90. The number of nitrogens with one attached hydrogen (secondary N) is 1. The summed E-state index contributed by atoms with van der Waals surface area (Å²) in [6.07, 6.45) is 3.83.